The summed E-state index contributed by atoms with van der Waals surface area (Å²) in [5, 5.41) is 3.39. The fraction of sp³-hybridized carbons (Fsp3) is 0.500. The molecule has 0 aromatic heterocycles. The van der Waals surface area contributed by atoms with Crippen LogP contribution in [0.2, 0.25) is 0 Å². The Morgan fingerprint density at radius 3 is 1.87 bits per heavy atom. The number of benzene rings is 2. The van der Waals surface area contributed by atoms with Crippen LogP contribution in [0.4, 0.5) is 0 Å². The largest absolute Gasteiger partial charge is 0.340 e. The Bertz CT molecular complexity index is 771. The highest BCUT2D eigenvalue weighted by Crippen LogP contribution is 2.30. The second kappa shape index (κ2) is 9.76. The van der Waals surface area contributed by atoms with Crippen molar-refractivity contribution in [2.75, 3.05) is 39.3 Å². The lowest BCUT2D eigenvalue weighted by atomic mass is 9.93. The van der Waals surface area contributed by atoms with Crippen LogP contribution in [0.3, 0.4) is 0 Å². The highest BCUT2D eigenvalue weighted by molar-refractivity contribution is 5.76. The van der Waals surface area contributed by atoms with Gasteiger partial charge < -0.3 is 10.2 Å². The number of hydrogen-bond donors (Lipinski definition) is 1. The number of hydrogen-bond acceptors (Lipinski definition) is 3. The van der Waals surface area contributed by atoms with Gasteiger partial charge in [-0.15, -0.1) is 0 Å². The lowest BCUT2D eigenvalue weighted by Gasteiger charge is -2.40. The molecule has 0 spiro atoms. The fourth-order valence-corrected chi connectivity index (χ4v) is 4.80. The van der Waals surface area contributed by atoms with E-state index < -0.39 is 0 Å². The minimum absolute atomic E-state index is 0.243. The Morgan fingerprint density at radius 1 is 0.867 bits per heavy atom. The summed E-state index contributed by atoms with van der Waals surface area (Å²) in [6, 6.07) is 18.1. The van der Waals surface area contributed by atoms with Gasteiger partial charge in [-0.2, -0.15) is 0 Å². The molecule has 0 aliphatic carbocycles. The molecule has 30 heavy (non-hydrogen) atoms. The van der Waals surface area contributed by atoms with E-state index in [0.717, 1.165) is 58.5 Å². The average Bonchev–Trinajstić information content (AvgIpc) is 2.78. The van der Waals surface area contributed by atoms with Crippen LogP contribution in [0.15, 0.2) is 48.5 Å². The van der Waals surface area contributed by atoms with Gasteiger partial charge in [0.05, 0.1) is 6.04 Å². The van der Waals surface area contributed by atoms with Gasteiger partial charge in [0.2, 0.25) is 5.91 Å². The van der Waals surface area contributed by atoms with Gasteiger partial charge in [0, 0.05) is 32.6 Å². The van der Waals surface area contributed by atoms with E-state index in [9.17, 15) is 4.79 Å². The van der Waals surface area contributed by atoms with Gasteiger partial charge in [0.25, 0.3) is 0 Å². The molecule has 2 heterocycles. The molecule has 0 atom stereocenters. The minimum Gasteiger partial charge on any atom is -0.340 e. The van der Waals surface area contributed by atoms with Gasteiger partial charge in [-0.1, -0.05) is 59.7 Å². The van der Waals surface area contributed by atoms with Crippen LogP contribution in [0.25, 0.3) is 0 Å². The van der Waals surface area contributed by atoms with Gasteiger partial charge in [-0.3, -0.25) is 9.69 Å². The van der Waals surface area contributed by atoms with Crippen molar-refractivity contribution in [2.24, 2.45) is 5.92 Å². The summed E-state index contributed by atoms with van der Waals surface area (Å²) in [7, 11) is 0. The van der Waals surface area contributed by atoms with E-state index in [1.165, 1.54) is 22.3 Å². The van der Waals surface area contributed by atoms with Crippen LogP contribution in [0, 0.1) is 19.8 Å². The van der Waals surface area contributed by atoms with E-state index in [1.807, 2.05) is 0 Å². The van der Waals surface area contributed by atoms with E-state index in [1.54, 1.807) is 0 Å². The van der Waals surface area contributed by atoms with Crippen LogP contribution in [-0.2, 0) is 4.79 Å². The van der Waals surface area contributed by atoms with Crippen molar-refractivity contribution in [1.82, 2.24) is 15.1 Å². The molecule has 4 rings (SSSR count). The number of carbonyl (C=O) groups is 1. The van der Waals surface area contributed by atoms with Crippen molar-refractivity contribution in [1.29, 1.82) is 0 Å². The molecule has 0 saturated carbocycles. The van der Waals surface area contributed by atoms with Gasteiger partial charge >= 0.3 is 0 Å². The maximum atomic E-state index is 12.8. The SMILES string of the molecule is Cc1ccc(C(c2ccc(C)cc2)N2CCN(C(=O)CC3CCNCC3)CC2)cc1. The summed E-state index contributed by atoms with van der Waals surface area (Å²) in [6.45, 7) is 9.89. The van der Waals surface area contributed by atoms with Crippen LogP contribution in [0.1, 0.15) is 47.6 Å². The Balaban J connectivity index is 1.44. The van der Waals surface area contributed by atoms with Crippen LogP contribution in [0.5, 0.6) is 0 Å². The molecule has 0 radical (unpaired) electrons. The summed E-state index contributed by atoms with van der Waals surface area (Å²) in [4.78, 5) is 17.5. The molecule has 0 bridgehead atoms. The normalized spacial score (nSPS) is 18.7. The second-order valence-corrected chi connectivity index (χ2v) is 9.04. The summed E-state index contributed by atoms with van der Waals surface area (Å²) >= 11 is 0. The number of rotatable bonds is 5. The van der Waals surface area contributed by atoms with Crippen molar-refractivity contribution in [3.63, 3.8) is 0 Å². The smallest absolute Gasteiger partial charge is 0.222 e. The molecule has 0 unspecified atom stereocenters. The topological polar surface area (TPSA) is 35.6 Å². The highest BCUT2D eigenvalue weighted by Gasteiger charge is 2.29. The third-order valence-electron chi connectivity index (χ3n) is 6.74. The number of nitrogens with one attached hydrogen (secondary N) is 1. The first-order chi connectivity index (χ1) is 14.6. The maximum Gasteiger partial charge on any atom is 0.222 e. The van der Waals surface area contributed by atoms with Gasteiger partial charge in [0.15, 0.2) is 0 Å². The molecular formula is C26H35N3O. The predicted octanol–water partition coefficient (Wildman–Crippen LogP) is 3.93. The monoisotopic (exact) mass is 405 g/mol. The molecule has 1 N–H and O–H groups in total. The van der Waals surface area contributed by atoms with Crippen molar-refractivity contribution in [3.05, 3.63) is 70.8 Å². The molecule has 2 aliphatic heterocycles. The first-order valence-corrected chi connectivity index (χ1v) is 11.5. The maximum absolute atomic E-state index is 12.8. The zero-order valence-corrected chi connectivity index (χ0v) is 18.4. The highest BCUT2D eigenvalue weighted by atomic mass is 16.2. The zero-order chi connectivity index (χ0) is 20.9. The molecule has 4 nitrogen and oxygen atoms in total. The van der Waals surface area contributed by atoms with Crippen molar-refractivity contribution >= 4 is 5.91 Å². The quantitative estimate of drug-likeness (QED) is 0.819. The standard InChI is InChI=1S/C26H35N3O/c1-20-3-7-23(8-4-20)26(24-9-5-21(2)6-10-24)29-17-15-28(16-18-29)25(30)19-22-11-13-27-14-12-22/h3-10,22,26-27H,11-19H2,1-2H3. The third-order valence-corrected chi connectivity index (χ3v) is 6.74. The van der Waals surface area contributed by atoms with Crippen LogP contribution in [-0.4, -0.2) is 55.0 Å². The molecule has 2 aromatic carbocycles. The van der Waals surface area contributed by atoms with Crippen LogP contribution >= 0.6 is 0 Å². The molecule has 2 fully saturated rings. The Labute approximate surface area is 181 Å². The van der Waals surface area contributed by atoms with E-state index in [-0.39, 0.29) is 6.04 Å². The number of aryl methyl sites for hydroxylation is 2. The van der Waals surface area contributed by atoms with Crippen molar-refractivity contribution < 1.29 is 4.79 Å². The Morgan fingerprint density at radius 2 is 1.37 bits per heavy atom. The number of piperazine rings is 1. The van der Waals surface area contributed by atoms with E-state index in [2.05, 4.69) is 77.5 Å². The predicted molar refractivity (Wildman–Crippen MR) is 123 cm³/mol. The molecule has 4 heteroatoms. The van der Waals surface area contributed by atoms with Crippen molar-refractivity contribution in [3.8, 4) is 0 Å². The molecule has 1 amide bonds. The zero-order valence-electron chi connectivity index (χ0n) is 18.4. The molecular weight excluding hydrogens is 370 g/mol. The second-order valence-electron chi connectivity index (χ2n) is 9.04. The summed E-state index contributed by atoms with van der Waals surface area (Å²) < 4.78 is 0. The minimum atomic E-state index is 0.243. The van der Waals surface area contributed by atoms with Gasteiger partial charge in [-0.05, 0) is 56.8 Å². The molecule has 2 saturated heterocycles. The first-order valence-electron chi connectivity index (χ1n) is 11.5. The summed E-state index contributed by atoms with van der Waals surface area (Å²) in [5.41, 5.74) is 5.24. The molecule has 2 aromatic rings. The van der Waals surface area contributed by atoms with E-state index >= 15 is 0 Å². The number of piperidine rings is 1. The van der Waals surface area contributed by atoms with Crippen molar-refractivity contribution in [2.45, 2.75) is 39.2 Å². The fourth-order valence-electron chi connectivity index (χ4n) is 4.80. The lowest BCUT2D eigenvalue weighted by Crippen LogP contribution is -2.50. The van der Waals surface area contributed by atoms with Gasteiger partial charge in [0.1, 0.15) is 0 Å². The number of carbonyl (C=O) groups excluding carboxylic acids is 1. The van der Waals surface area contributed by atoms with Crippen LogP contribution < -0.4 is 5.32 Å². The van der Waals surface area contributed by atoms with E-state index in [4.69, 9.17) is 0 Å². The Hall–Kier alpha value is -2.17. The Kier molecular flexibility index (Phi) is 6.86. The molecule has 160 valence electrons. The third kappa shape index (κ3) is 5.11. The number of nitrogens with zero attached hydrogens (tertiary/aromatic N) is 2. The van der Waals surface area contributed by atoms with Gasteiger partial charge in [-0.25, -0.2) is 0 Å². The first kappa shape index (κ1) is 21.1. The molecule has 2 aliphatic rings. The summed E-state index contributed by atoms with van der Waals surface area (Å²) in [5.74, 6) is 0.911. The van der Waals surface area contributed by atoms with E-state index in [0.29, 0.717) is 11.8 Å². The number of amides is 1. The lowest BCUT2D eigenvalue weighted by molar-refractivity contribution is -0.134. The summed E-state index contributed by atoms with van der Waals surface area (Å²) in [6.07, 6.45) is 2.99. The average molecular weight is 406 g/mol.